The van der Waals surface area contributed by atoms with E-state index in [9.17, 15) is 9.59 Å². The zero-order valence-corrected chi connectivity index (χ0v) is 11.3. The summed E-state index contributed by atoms with van der Waals surface area (Å²) < 4.78 is 2.03. The second kappa shape index (κ2) is 5.32. The second-order valence-corrected chi connectivity index (χ2v) is 4.96. The number of fused-ring (bicyclic) bond motifs is 1. The van der Waals surface area contributed by atoms with Crippen LogP contribution in [-0.2, 0) is 6.54 Å². The highest BCUT2D eigenvalue weighted by atomic mass is 16.4. The van der Waals surface area contributed by atoms with Crippen molar-refractivity contribution in [3.05, 3.63) is 65.2 Å². The van der Waals surface area contributed by atoms with Gasteiger partial charge in [0, 0.05) is 11.6 Å². The molecule has 0 saturated heterocycles. The van der Waals surface area contributed by atoms with Crippen LogP contribution in [0.25, 0.3) is 0 Å². The number of rotatable bonds is 3. The molecule has 104 valence electrons. The highest BCUT2D eigenvalue weighted by molar-refractivity contribution is 6.07. The summed E-state index contributed by atoms with van der Waals surface area (Å²) in [5, 5.41) is 8.90. The first-order valence-corrected chi connectivity index (χ1v) is 6.69. The molecule has 0 amide bonds. The standard InChI is InChI=1S/C17H13NO3/c19-16-9-10-18(15-4-2-1-3-14(15)16)11-12-5-7-13(8-6-12)17(20)21/h1-8,10H,9,11H2/p+1. The maximum atomic E-state index is 11.9. The maximum absolute atomic E-state index is 11.9. The smallest absolute Gasteiger partial charge is 0.335 e. The molecule has 1 N–H and O–H groups in total. The van der Waals surface area contributed by atoms with Crippen LogP contribution < -0.4 is 0 Å². The van der Waals surface area contributed by atoms with E-state index in [0.717, 1.165) is 16.8 Å². The molecule has 0 radical (unpaired) electrons. The van der Waals surface area contributed by atoms with Gasteiger partial charge in [-0.3, -0.25) is 4.79 Å². The van der Waals surface area contributed by atoms with Gasteiger partial charge in [0.15, 0.2) is 18.5 Å². The number of carbonyl (C=O) groups is 2. The van der Waals surface area contributed by atoms with Crippen LogP contribution in [0.15, 0.2) is 48.5 Å². The number of hydrogen-bond donors (Lipinski definition) is 1. The molecule has 0 unspecified atom stereocenters. The van der Waals surface area contributed by atoms with Crippen LogP contribution in [0.2, 0.25) is 0 Å². The molecule has 0 fully saturated rings. The van der Waals surface area contributed by atoms with E-state index in [1.54, 1.807) is 24.3 Å². The van der Waals surface area contributed by atoms with Crippen LogP contribution in [0.1, 0.15) is 32.7 Å². The minimum atomic E-state index is -0.929. The van der Waals surface area contributed by atoms with Crippen molar-refractivity contribution >= 4 is 23.7 Å². The van der Waals surface area contributed by atoms with Gasteiger partial charge >= 0.3 is 5.97 Å². The molecule has 0 bridgehead atoms. The number of carbonyl (C=O) groups excluding carboxylic acids is 1. The van der Waals surface area contributed by atoms with Gasteiger partial charge in [-0.25, -0.2) is 4.79 Å². The molecule has 0 atom stereocenters. The lowest BCUT2D eigenvalue weighted by Gasteiger charge is -2.11. The minimum Gasteiger partial charge on any atom is -0.478 e. The molecule has 0 spiro atoms. The first-order valence-electron chi connectivity index (χ1n) is 6.69. The molecule has 0 aliphatic carbocycles. The number of para-hydroxylation sites is 1. The van der Waals surface area contributed by atoms with Crippen molar-refractivity contribution in [2.24, 2.45) is 0 Å². The number of benzene rings is 2. The van der Waals surface area contributed by atoms with Crippen molar-refractivity contribution in [3.63, 3.8) is 0 Å². The number of Topliss-reactive ketones (excluding diaryl/α,β-unsaturated/α-hetero) is 1. The third-order valence-corrected chi connectivity index (χ3v) is 3.56. The molecule has 0 saturated carbocycles. The normalized spacial score (nSPS) is 13.5. The summed E-state index contributed by atoms with van der Waals surface area (Å²) in [5.74, 6) is -0.801. The maximum Gasteiger partial charge on any atom is 0.335 e. The van der Waals surface area contributed by atoms with Crippen molar-refractivity contribution in [2.45, 2.75) is 13.0 Å². The van der Waals surface area contributed by atoms with Crippen LogP contribution in [0, 0.1) is 0 Å². The molecule has 2 aromatic rings. The van der Waals surface area contributed by atoms with Gasteiger partial charge in [0.25, 0.3) is 0 Å². The van der Waals surface area contributed by atoms with Crippen LogP contribution in [-0.4, -0.2) is 27.6 Å². The zero-order valence-electron chi connectivity index (χ0n) is 11.3. The molecule has 4 heteroatoms. The molecule has 21 heavy (non-hydrogen) atoms. The number of ketones is 1. The largest absolute Gasteiger partial charge is 0.478 e. The topological polar surface area (TPSA) is 57.4 Å². The molecule has 3 rings (SSSR count). The van der Waals surface area contributed by atoms with Crippen LogP contribution in [0.4, 0.5) is 5.69 Å². The quantitative estimate of drug-likeness (QED) is 0.879. The fraction of sp³-hybridized carbons (Fsp3) is 0.118. The first kappa shape index (κ1) is 13.2. The molecule has 1 aliphatic rings. The van der Waals surface area contributed by atoms with E-state index in [-0.39, 0.29) is 11.3 Å². The second-order valence-electron chi connectivity index (χ2n) is 4.96. The Bertz CT molecular complexity index is 745. The van der Waals surface area contributed by atoms with E-state index in [0.29, 0.717) is 13.0 Å². The third kappa shape index (κ3) is 2.60. The fourth-order valence-electron chi connectivity index (χ4n) is 2.46. The Labute approximate surface area is 122 Å². The Hall–Kier alpha value is -2.75. The summed E-state index contributed by atoms with van der Waals surface area (Å²) in [6, 6.07) is 14.3. The number of carboxylic acids is 1. The summed E-state index contributed by atoms with van der Waals surface area (Å²) in [6.45, 7) is 0.615. The summed E-state index contributed by atoms with van der Waals surface area (Å²) in [4.78, 5) is 22.7. The van der Waals surface area contributed by atoms with Crippen molar-refractivity contribution in [3.8, 4) is 0 Å². The van der Waals surface area contributed by atoms with Gasteiger partial charge in [-0.15, -0.1) is 0 Å². The first-order chi connectivity index (χ1) is 10.1. The average Bonchev–Trinajstić information content (AvgIpc) is 2.51. The lowest BCUT2D eigenvalue weighted by Crippen LogP contribution is -2.18. The Morgan fingerprint density at radius 3 is 2.52 bits per heavy atom. The van der Waals surface area contributed by atoms with Crippen LogP contribution in [0.3, 0.4) is 0 Å². The van der Waals surface area contributed by atoms with Crippen LogP contribution >= 0.6 is 0 Å². The van der Waals surface area contributed by atoms with Gasteiger partial charge in [-0.2, -0.15) is 4.58 Å². The summed E-state index contributed by atoms with van der Waals surface area (Å²) in [7, 11) is 0. The molecule has 0 aromatic heterocycles. The summed E-state index contributed by atoms with van der Waals surface area (Å²) in [6.07, 6.45) is 2.28. The number of hydrogen-bond acceptors (Lipinski definition) is 2. The predicted molar refractivity (Wildman–Crippen MR) is 78.5 cm³/mol. The van der Waals surface area contributed by atoms with Crippen molar-refractivity contribution in [1.82, 2.24) is 0 Å². The van der Waals surface area contributed by atoms with Gasteiger partial charge in [0.2, 0.25) is 5.69 Å². The number of aromatic carboxylic acids is 1. The fourth-order valence-corrected chi connectivity index (χ4v) is 2.46. The van der Waals surface area contributed by atoms with Crippen molar-refractivity contribution in [1.29, 1.82) is 0 Å². The van der Waals surface area contributed by atoms with Gasteiger partial charge in [-0.1, -0.05) is 24.3 Å². The highest BCUT2D eigenvalue weighted by Gasteiger charge is 2.24. The lowest BCUT2D eigenvalue weighted by molar-refractivity contribution is -0.455. The number of carboxylic acid groups (broad SMARTS) is 1. The monoisotopic (exact) mass is 280 g/mol. The third-order valence-electron chi connectivity index (χ3n) is 3.56. The van der Waals surface area contributed by atoms with Crippen molar-refractivity contribution in [2.75, 3.05) is 0 Å². The Morgan fingerprint density at radius 1 is 1.10 bits per heavy atom. The molecular formula is C17H14NO3+. The van der Waals surface area contributed by atoms with E-state index in [1.165, 1.54) is 0 Å². The predicted octanol–water partition coefficient (Wildman–Crippen LogP) is 2.89. The van der Waals surface area contributed by atoms with Gasteiger partial charge in [0.1, 0.15) is 0 Å². The van der Waals surface area contributed by atoms with E-state index < -0.39 is 5.97 Å². The average molecular weight is 280 g/mol. The molecular weight excluding hydrogens is 266 g/mol. The van der Waals surface area contributed by atoms with E-state index in [1.807, 2.05) is 35.1 Å². The molecule has 2 aromatic carbocycles. The highest BCUT2D eigenvalue weighted by Crippen LogP contribution is 2.24. The van der Waals surface area contributed by atoms with Gasteiger partial charge < -0.3 is 5.11 Å². The SMILES string of the molecule is O=C(O)c1ccc(C[N+]2=CCC(=O)c3ccccc32)cc1. The number of nitrogens with zero attached hydrogens (tertiary/aromatic N) is 1. The van der Waals surface area contributed by atoms with Gasteiger partial charge in [0.05, 0.1) is 17.5 Å². The Kier molecular flexibility index (Phi) is 3.36. The zero-order chi connectivity index (χ0) is 14.8. The van der Waals surface area contributed by atoms with E-state index in [2.05, 4.69) is 0 Å². The molecule has 1 heterocycles. The Morgan fingerprint density at radius 2 is 1.81 bits per heavy atom. The Balaban J connectivity index is 1.88. The van der Waals surface area contributed by atoms with Crippen molar-refractivity contribution < 1.29 is 19.3 Å². The lowest BCUT2D eigenvalue weighted by atomic mass is 10.0. The summed E-state index contributed by atoms with van der Waals surface area (Å²) >= 11 is 0. The molecule has 4 nitrogen and oxygen atoms in total. The van der Waals surface area contributed by atoms with Gasteiger partial charge in [-0.05, 0) is 18.2 Å². The summed E-state index contributed by atoms with van der Waals surface area (Å²) in [5.41, 5.74) is 2.91. The van der Waals surface area contributed by atoms with E-state index in [4.69, 9.17) is 5.11 Å². The minimum absolute atomic E-state index is 0.128. The molecule has 1 aliphatic heterocycles. The van der Waals surface area contributed by atoms with E-state index >= 15 is 0 Å². The van der Waals surface area contributed by atoms with Crippen LogP contribution in [0.5, 0.6) is 0 Å².